The molecule has 0 aromatic rings. The molecule has 68 valence electrons. The Hall–Kier alpha value is -1.45. The summed E-state index contributed by atoms with van der Waals surface area (Å²) in [6.45, 7) is 5.64. The minimum atomic E-state index is -0.833. The van der Waals surface area contributed by atoms with Crippen molar-refractivity contribution in [1.29, 1.82) is 0 Å². The Morgan fingerprint density at radius 3 is 2.33 bits per heavy atom. The van der Waals surface area contributed by atoms with Gasteiger partial charge in [-0.1, -0.05) is 6.58 Å². The molecule has 1 heterocycles. The number of hydrogen-bond donors (Lipinski definition) is 1. The molecule has 0 saturated heterocycles. The van der Waals surface area contributed by atoms with E-state index in [0.29, 0.717) is 0 Å². The summed E-state index contributed by atoms with van der Waals surface area (Å²) in [4.78, 5) is 13.1. The second-order valence-corrected chi connectivity index (χ2v) is 2.41. The van der Waals surface area contributed by atoms with Crippen molar-refractivity contribution in [2.24, 2.45) is 0 Å². The molecule has 1 rings (SSSR count). The molecule has 12 heavy (non-hydrogen) atoms. The number of carbonyl (C=O) groups is 1. The molecule has 0 saturated carbocycles. The Balaban J connectivity index is 0.000000261. The highest BCUT2D eigenvalue weighted by Gasteiger charge is 2.01. The Kier molecular flexibility index (Phi) is 4.60. The number of nitrogens with zero attached hydrogens (tertiary/aromatic N) is 2. The van der Waals surface area contributed by atoms with Gasteiger partial charge in [-0.25, -0.2) is 0 Å². The van der Waals surface area contributed by atoms with Gasteiger partial charge >= 0.3 is 0 Å². The summed E-state index contributed by atoms with van der Waals surface area (Å²) in [5.74, 6) is -0.833. The lowest BCUT2D eigenvalue weighted by Gasteiger charge is -2.11. The molecule has 0 radical (unpaired) electrons. The first-order chi connectivity index (χ1) is 5.56. The van der Waals surface area contributed by atoms with Crippen molar-refractivity contribution < 1.29 is 9.90 Å². The van der Waals surface area contributed by atoms with Crippen molar-refractivity contribution in [2.45, 2.75) is 6.92 Å². The van der Waals surface area contributed by atoms with Gasteiger partial charge in [0, 0.05) is 26.4 Å². The summed E-state index contributed by atoms with van der Waals surface area (Å²) in [5.41, 5.74) is 0. The van der Waals surface area contributed by atoms with Crippen molar-refractivity contribution in [3.8, 4) is 0 Å². The van der Waals surface area contributed by atoms with Crippen LogP contribution in [0.5, 0.6) is 0 Å². The maximum Gasteiger partial charge on any atom is 0.300 e. The third-order valence-electron chi connectivity index (χ3n) is 1.13. The van der Waals surface area contributed by atoms with Gasteiger partial charge < -0.3 is 14.9 Å². The van der Waals surface area contributed by atoms with Crippen LogP contribution in [0.1, 0.15) is 6.92 Å². The molecule has 0 atom stereocenters. The van der Waals surface area contributed by atoms with Crippen LogP contribution in [0.3, 0.4) is 0 Å². The molecule has 0 bridgehead atoms. The van der Waals surface area contributed by atoms with Gasteiger partial charge in [0.05, 0.1) is 6.67 Å². The molecule has 0 aromatic heterocycles. The molecule has 0 aliphatic carbocycles. The van der Waals surface area contributed by atoms with Gasteiger partial charge in [0.2, 0.25) is 0 Å². The maximum absolute atomic E-state index is 9.00. The van der Waals surface area contributed by atoms with Crippen LogP contribution in [-0.4, -0.2) is 34.6 Å². The summed E-state index contributed by atoms with van der Waals surface area (Å²) in [7, 11) is 2.03. The van der Waals surface area contributed by atoms with Gasteiger partial charge in [0.15, 0.2) is 0 Å². The van der Waals surface area contributed by atoms with Crippen LogP contribution < -0.4 is 0 Å². The first-order valence-corrected chi connectivity index (χ1v) is 3.52. The number of aliphatic carboxylic acids is 1. The Bertz CT molecular complexity index is 185. The monoisotopic (exact) mass is 170 g/mol. The third kappa shape index (κ3) is 5.34. The van der Waals surface area contributed by atoms with Gasteiger partial charge in [-0.05, 0) is 6.20 Å². The zero-order valence-corrected chi connectivity index (χ0v) is 7.40. The lowest BCUT2D eigenvalue weighted by Crippen LogP contribution is -2.16. The zero-order chi connectivity index (χ0) is 9.56. The molecule has 4 nitrogen and oxygen atoms in total. The number of carboxylic acids is 1. The Labute approximate surface area is 72.4 Å². The lowest BCUT2D eigenvalue weighted by molar-refractivity contribution is -0.134. The van der Waals surface area contributed by atoms with E-state index in [2.05, 4.69) is 11.5 Å². The fourth-order valence-electron chi connectivity index (χ4n) is 0.670. The molecular formula is C8H14N2O2. The normalized spacial score (nSPS) is 13.8. The molecule has 0 amide bonds. The van der Waals surface area contributed by atoms with E-state index in [1.807, 2.05) is 24.3 Å². The molecule has 1 aliphatic rings. The quantitative estimate of drug-likeness (QED) is 0.635. The van der Waals surface area contributed by atoms with E-state index in [4.69, 9.17) is 9.90 Å². The van der Waals surface area contributed by atoms with Crippen molar-refractivity contribution in [2.75, 3.05) is 13.7 Å². The van der Waals surface area contributed by atoms with E-state index in [-0.39, 0.29) is 0 Å². The average Bonchev–Trinajstić information content (AvgIpc) is 2.34. The highest BCUT2D eigenvalue weighted by Crippen LogP contribution is 2.01. The van der Waals surface area contributed by atoms with Crippen LogP contribution in [0, 0.1) is 0 Å². The van der Waals surface area contributed by atoms with Gasteiger partial charge in [-0.15, -0.1) is 0 Å². The maximum atomic E-state index is 9.00. The van der Waals surface area contributed by atoms with Gasteiger partial charge in [-0.3, -0.25) is 4.79 Å². The van der Waals surface area contributed by atoms with Crippen molar-refractivity contribution >= 4 is 5.97 Å². The molecular weight excluding hydrogens is 156 g/mol. The fourth-order valence-corrected chi connectivity index (χ4v) is 0.670. The van der Waals surface area contributed by atoms with E-state index in [9.17, 15) is 0 Å². The standard InChI is InChI=1S/C6H10N2.C2H4O2/c1-3-8-5-4-7(2)6-8;1-2(3)4/h3-5H,1,6H2,2H3;1H3,(H,3,4). The summed E-state index contributed by atoms with van der Waals surface area (Å²) >= 11 is 0. The first kappa shape index (κ1) is 10.6. The fraction of sp³-hybridized carbons (Fsp3) is 0.375. The predicted octanol–water partition coefficient (Wildman–Crippen LogP) is 0.897. The van der Waals surface area contributed by atoms with Crippen molar-refractivity contribution in [3.05, 3.63) is 25.2 Å². The molecule has 0 fully saturated rings. The van der Waals surface area contributed by atoms with Crippen LogP contribution >= 0.6 is 0 Å². The third-order valence-corrected chi connectivity index (χ3v) is 1.13. The Morgan fingerprint density at radius 1 is 1.67 bits per heavy atom. The molecule has 1 aliphatic heterocycles. The van der Waals surface area contributed by atoms with Crippen LogP contribution in [0.15, 0.2) is 25.2 Å². The smallest absolute Gasteiger partial charge is 0.300 e. The van der Waals surface area contributed by atoms with Gasteiger partial charge in [-0.2, -0.15) is 0 Å². The Morgan fingerprint density at radius 2 is 2.17 bits per heavy atom. The van der Waals surface area contributed by atoms with Crippen LogP contribution in [-0.2, 0) is 4.79 Å². The molecule has 0 aromatic carbocycles. The molecule has 0 unspecified atom stereocenters. The summed E-state index contributed by atoms with van der Waals surface area (Å²) in [5, 5.41) is 7.42. The molecule has 4 heteroatoms. The van der Waals surface area contributed by atoms with E-state index in [1.165, 1.54) is 0 Å². The number of carboxylic acid groups (broad SMARTS) is 1. The van der Waals surface area contributed by atoms with Crippen molar-refractivity contribution in [3.63, 3.8) is 0 Å². The summed E-state index contributed by atoms with van der Waals surface area (Å²) < 4.78 is 0. The second-order valence-electron chi connectivity index (χ2n) is 2.41. The van der Waals surface area contributed by atoms with E-state index < -0.39 is 5.97 Å². The van der Waals surface area contributed by atoms with Crippen molar-refractivity contribution in [1.82, 2.24) is 9.80 Å². The largest absolute Gasteiger partial charge is 0.481 e. The topological polar surface area (TPSA) is 43.8 Å². The number of rotatable bonds is 1. The van der Waals surface area contributed by atoms with E-state index >= 15 is 0 Å². The van der Waals surface area contributed by atoms with Crippen LogP contribution in [0.25, 0.3) is 0 Å². The average molecular weight is 170 g/mol. The SMILES string of the molecule is C=CN1C=CN(C)C1.CC(=O)O. The lowest BCUT2D eigenvalue weighted by atomic mass is 10.8. The molecule has 1 N–H and O–H groups in total. The highest BCUT2D eigenvalue weighted by atomic mass is 16.4. The zero-order valence-electron chi connectivity index (χ0n) is 7.40. The van der Waals surface area contributed by atoms with Gasteiger partial charge in [0.25, 0.3) is 5.97 Å². The van der Waals surface area contributed by atoms with Gasteiger partial charge in [0.1, 0.15) is 0 Å². The number of hydrogen-bond acceptors (Lipinski definition) is 3. The predicted molar refractivity (Wildman–Crippen MR) is 47.1 cm³/mol. The first-order valence-electron chi connectivity index (χ1n) is 3.52. The summed E-state index contributed by atoms with van der Waals surface area (Å²) in [6, 6.07) is 0. The van der Waals surface area contributed by atoms with Crippen LogP contribution in [0.4, 0.5) is 0 Å². The van der Waals surface area contributed by atoms with E-state index in [0.717, 1.165) is 13.6 Å². The second kappa shape index (κ2) is 5.23. The van der Waals surface area contributed by atoms with E-state index in [1.54, 1.807) is 6.20 Å². The highest BCUT2D eigenvalue weighted by molar-refractivity contribution is 5.62. The minimum Gasteiger partial charge on any atom is -0.481 e. The van der Waals surface area contributed by atoms with Crippen LogP contribution in [0.2, 0.25) is 0 Å². The minimum absolute atomic E-state index is 0.833. The molecule has 0 spiro atoms. The summed E-state index contributed by atoms with van der Waals surface area (Å²) in [6.07, 6.45) is 5.81.